The summed E-state index contributed by atoms with van der Waals surface area (Å²) in [6.45, 7) is 5.26. The Balaban J connectivity index is 2.89. The summed E-state index contributed by atoms with van der Waals surface area (Å²) in [4.78, 5) is 25.9. The van der Waals surface area contributed by atoms with E-state index in [1.807, 2.05) is 13.8 Å². The van der Waals surface area contributed by atoms with E-state index in [0.717, 1.165) is 0 Å². The summed E-state index contributed by atoms with van der Waals surface area (Å²) >= 11 is 0. The number of aryl methyl sites for hydroxylation is 1. The quantitative estimate of drug-likeness (QED) is 0.728. The Hall–Kier alpha value is -2.11. The van der Waals surface area contributed by atoms with Crippen molar-refractivity contribution < 1.29 is 14.7 Å². The van der Waals surface area contributed by atoms with Gasteiger partial charge < -0.3 is 16.2 Å². The molecule has 0 spiro atoms. The van der Waals surface area contributed by atoms with Crippen molar-refractivity contribution in [1.29, 1.82) is 0 Å². The molecule has 0 atom stereocenters. The van der Waals surface area contributed by atoms with Crippen LogP contribution in [0.15, 0.2) is 12.1 Å². The molecule has 0 aliphatic carbocycles. The number of carbonyl (C=O) groups excluding carboxylic acids is 1. The monoisotopic (exact) mass is 251 g/mol. The van der Waals surface area contributed by atoms with E-state index in [9.17, 15) is 9.59 Å². The first kappa shape index (κ1) is 14.0. The van der Waals surface area contributed by atoms with Crippen molar-refractivity contribution in [1.82, 2.24) is 4.98 Å². The number of pyridine rings is 1. The normalized spacial score (nSPS) is 11.1. The van der Waals surface area contributed by atoms with Gasteiger partial charge in [0, 0.05) is 12.0 Å². The summed E-state index contributed by atoms with van der Waals surface area (Å²) in [7, 11) is 0. The van der Waals surface area contributed by atoms with Crippen LogP contribution in [0.2, 0.25) is 0 Å². The summed E-state index contributed by atoms with van der Waals surface area (Å²) in [5.41, 5.74) is 5.20. The number of anilines is 1. The van der Waals surface area contributed by atoms with E-state index >= 15 is 0 Å². The molecule has 6 nitrogen and oxygen atoms in total. The lowest BCUT2D eigenvalue weighted by molar-refractivity contribution is -0.118. The van der Waals surface area contributed by atoms with Crippen molar-refractivity contribution in [3.05, 3.63) is 23.4 Å². The number of nitrogens with two attached hydrogens (primary N) is 1. The molecular weight excluding hydrogens is 234 g/mol. The number of primary amides is 1. The second-order valence-corrected chi connectivity index (χ2v) is 4.79. The van der Waals surface area contributed by atoms with Gasteiger partial charge in [0.1, 0.15) is 5.82 Å². The van der Waals surface area contributed by atoms with Crippen molar-refractivity contribution in [2.24, 2.45) is 5.73 Å². The number of rotatable bonds is 5. The van der Waals surface area contributed by atoms with Gasteiger partial charge in [-0.1, -0.05) is 0 Å². The Morgan fingerprint density at radius 2 is 2.06 bits per heavy atom. The molecule has 0 aliphatic heterocycles. The summed E-state index contributed by atoms with van der Waals surface area (Å²) < 4.78 is 0. The average molecular weight is 251 g/mol. The Labute approximate surface area is 105 Å². The maximum atomic E-state index is 10.9. The first-order valence-electron chi connectivity index (χ1n) is 5.49. The minimum atomic E-state index is -1.01. The Morgan fingerprint density at radius 1 is 1.44 bits per heavy atom. The van der Waals surface area contributed by atoms with E-state index in [1.165, 1.54) is 6.07 Å². The molecule has 1 heterocycles. The van der Waals surface area contributed by atoms with Gasteiger partial charge in [-0.15, -0.1) is 0 Å². The van der Waals surface area contributed by atoms with Gasteiger partial charge in [-0.25, -0.2) is 9.78 Å². The second-order valence-electron chi connectivity index (χ2n) is 4.79. The van der Waals surface area contributed by atoms with Crippen LogP contribution in [0.25, 0.3) is 0 Å². The van der Waals surface area contributed by atoms with Crippen molar-refractivity contribution in [2.75, 3.05) is 5.32 Å². The highest BCUT2D eigenvalue weighted by molar-refractivity contribution is 5.89. The molecule has 1 amide bonds. The first-order valence-corrected chi connectivity index (χ1v) is 5.49. The van der Waals surface area contributed by atoms with Gasteiger partial charge >= 0.3 is 5.97 Å². The number of hydrogen-bond donors (Lipinski definition) is 3. The number of carbonyl (C=O) groups is 2. The van der Waals surface area contributed by atoms with Gasteiger partial charge in [0.15, 0.2) is 0 Å². The molecule has 0 radical (unpaired) electrons. The topological polar surface area (TPSA) is 105 Å². The van der Waals surface area contributed by atoms with E-state index in [0.29, 0.717) is 11.5 Å². The number of carboxylic acids is 1. The van der Waals surface area contributed by atoms with Crippen LogP contribution in [0.5, 0.6) is 0 Å². The molecule has 0 bridgehead atoms. The second kappa shape index (κ2) is 5.03. The molecule has 18 heavy (non-hydrogen) atoms. The number of aromatic nitrogens is 1. The number of nitrogens with one attached hydrogen (secondary N) is 1. The van der Waals surface area contributed by atoms with E-state index in [4.69, 9.17) is 10.8 Å². The fourth-order valence-electron chi connectivity index (χ4n) is 1.68. The maximum absolute atomic E-state index is 10.9. The average Bonchev–Trinajstić information content (AvgIpc) is 2.13. The van der Waals surface area contributed by atoms with Gasteiger partial charge in [0.25, 0.3) is 0 Å². The Morgan fingerprint density at radius 3 is 2.50 bits per heavy atom. The molecule has 98 valence electrons. The molecule has 6 heteroatoms. The number of aromatic carboxylic acids is 1. The summed E-state index contributed by atoms with van der Waals surface area (Å²) in [5.74, 6) is -0.905. The highest BCUT2D eigenvalue weighted by atomic mass is 16.4. The summed E-state index contributed by atoms with van der Waals surface area (Å²) in [5, 5.41) is 11.9. The standard InChI is InChI=1S/C12H17N3O3/c1-7-8(11(17)18)4-5-10(14-7)15-12(2,3)6-9(13)16/h4-5H,6H2,1-3H3,(H2,13,16)(H,14,15)(H,17,18). The minimum Gasteiger partial charge on any atom is -0.478 e. The lowest BCUT2D eigenvalue weighted by Crippen LogP contribution is -2.36. The lowest BCUT2D eigenvalue weighted by atomic mass is 10.0. The highest BCUT2D eigenvalue weighted by Crippen LogP contribution is 2.18. The van der Waals surface area contributed by atoms with Gasteiger partial charge in [-0.2, -0.15) is 0 Å². The Kier molecular flexibility index (Phi) is 3.90. The number of nitrogens with zero attached hydrogens (tertiary/aromatic N) is 1. The zero-order valence-corrected chi connectivity index (χ0v) is 10.7. The van der Waals surface area contributed by atoms with Crippen LogP contribution < -0.4 is 11.1 Å². The van der Waals surface area contributed by atoms with Crippen LogP contribution in [0.1, 0.15) is 36.3 Å². The van der Waals surface area contributed by atoms with E-state index in [1.54, 1.807) is 13.0 Å². The van der Waals surface area contributed by atoms with Crippen molar-refractivity contribution >= 4 is 17.7 Å². The van der Waals surface area contributed by atoms with Gasteiger partial charge in [-0.3, -0.25) is 4.79 Å². The molecule has 0 saturated carbocycles. The smallest absolute Gasteiger partial charge is 0.337 e. The zero-order valence-electron chi connectivity index (χ0n) is 10.7. The molecule has 0 unspecified atom stereocenters. The third-order valence-electron chi connectivity index (χ3n) is 2.40. The lowest BCUT2D eigenvalue weighted by Gasteiger charge is -2.25. The number of carboxylic acid groups (broad SMARTS) is 1. The van der Waals surface area contributed by atoms with Crippen LogP contribution in [-0.2, 0) is 4.79 Å². The van der Waals surface area contributed by atoms with Crippen molar-refractivity contribution in [3.63, 3.8) is 0 Å². The molecular formula is C12H17N3O3. The summed E-state index contributed by atoms with van der Waals surface area (Å²) in [6, 6.07) is 3.05. The van der Waals surface area contributed by atoms with Crippen LogP contribution in [0, 0.1) is 6.92 Å². The molecule has 0 fully saturated rings. The zero-order chi connectivity index (χ0) is 13.9. The SMILES string of the molecule is Cc1nc(NC(C)(C)CC(N)=O)ccc1C(=O)O. The molecule has 4 N–H and O–H groups in total. The van der Waals surface area contributed by atoms with E-state index in [2.05, 4.69) is 10.3 Å². The Bertz CT molecular complexity index is 483. The maximum Gasteiger partial charge on any atom is 0.337 e. The van der Waals surface area contributed by atoms with Gasteiger partial charge in [0.2, 0.25) is 5.91 Å². The molecule has 1 rings (SSSR count). The molecule has 1 aromatic rings. The predicted octanol–water partition coefficient (Wildman–Crippen LogP) is 1.15. The highest BCUT2D eigenvalue weighted by Gasteiger charge is 2.21. The minimum absolute atomic E-state index is 0.160. The fraction of sp³-hybridized carbons (Fsp3) is 0.417. The predicted molar refractivity (Wildman–Crippen MR) is 67.4 cm³/mol. The molecule has 1 aromatic heterocycles. The van der Waals surface area contributed by atoms with Crippen molar-refractivity contribution in [2.45, 2.75) is 32.7 Å². The third-order valence-corrected chi connectivity index (χ3v) is 2.40. The molecule has 0 aromatic carbocycles. The largest absolute Gasteiger partial charge is 0.478 e. The number of amides is 1. The number of hydrogen-bond acceptors (Lipinski definition) is 4. The van der Waals surface area contributed by atoms with E-state index < -0.39 is 17.4 Å². The fourth-order valence-corrected chi connectivity index (χ4v) is 1.68. The third kappa shape index (κ3) is 3.73. The van der Waals surface area contributed by atoms with Crippen LogP contribution in [0.3, 0.4) is 0 Å². The van der Waals surface area contributed by atoms with Crippen LogP contribution in [-0.4, -0.2) is 27.5 Å². The van der Waals surface area contributed by atoms with Gasteiger partial charge in [0.05, 0.1) is 11.3 Å². The summed E-state index contributed by atoms with van der Waals surface area (Å²) in [6.07, 6.45) is 0.161. The van der Waals surface area contributed by atoms with Crippen LogP contribution >= 0.6 is 0 Å². The van der Waals surface area contributed by atoms with E-state index in [-0.39, 0.29) is 12.0 Å². The van der Waals surface area contributed by atoms with Gasteiger partial charge in [-0.05, 0) is 32.9 Å². The molecule has 0 saturated heterocycles. The molecule has 0 aliphatic rings. The van der Waals surface area contributed by atoms with Crippen LogP contribution in [0.4, 0.5) is 5.82 Å². The van der Waals surface area contributed by atoms with Crippen molar-refractivity contribution in [3.8, 4) is 0 Å². The first-order chi connectivity index (χ1) is 8.21.